The van der Waals surface area contributed by atoms with Crippen molar-refractivity contribution in [2.45, 2.75) is 50.6 Å². The Balaban J connectivity index is 1.53. The molecule has 0 bridgehead atoms. The van der Waals surface area contributed by atoms with E-state index in [0.717, 1.165) is 24.5 Å². The smallest absolute Gasteiger partial charge is 0.208 e. The Labute approximate surface area is 167 Å². The molecule has 0 spiro atoms. The third kappa shape index (κ3) is 4.79. The molecular formula is C20H29N5O2S. The summed E-state index contributed by atoms with van der Waals surface area (Å²) in [6, 6.07) is 9.89. The molecule has 152 valence electrons. The maximum atomic E-state index is 11.8. The van der Waals surface area contributed by atoms with Gasteiger partial charge in [-0.15, -0.1) is 0 Å². The number of sulfonamides is 1. The summed E-state index contributed by atoms with van der Waals surface area (Å²) in [6.45, 7) is 1.71. The van der Waals surface area contributed by atoms with Crippen LogP contribution >= 0.6 is 0 Å². The van der Waals surface area contributed by atoms with Gasteiger partial charge in [-0.1, -0.05) is 49.6 Å². The Bertz CT molecular complexity index is 877. The highest BCUT2D eigenvalue weighted by molar-refractivity contribution is 7.88. The van der Waals surface area contributed by atoms with Crippen LogP contribution in [0, 0.1) is 5.92 Å². The van der Waals surface area contributed by atoms with Gasteiger partial charge in [0.15, 0.2) is 5.82 Å². The minimum atomic E-state index is -3.23. The molecule has 2 atom stereocenters. The monoisotopic (exact) mass is 403 g/mol. The standard InChI is InChI=1S/C20H29N5O2S/c1-28(26,27)24-17-12-18(25(14-17)13-15-8-4-2-5-9-15)20-21-19(22-23-20)16-10-6-3-7-11-16/h3,6-7,10-11,15,17-18,24H,2,4-5,8-9,12-14H2,1H3,(H,21,22,23)/t17-,18-/m0/s1. The van der Waals surface area contributed by atoms with Crippen molar-refractivity contribution >= 4 is 10.0 Å². The average Bonchev–Trinajstić information content (AvgIpc) is 3.29. The Morgan fingerprint density at radius 3 is 2.64 bits per heavy atom. The molecule has 2 fully saturated rings. The van der Waals surface area contributed by atoms with E-state index in [9.17, 15) is 8.42 Å². The van der Waals surface area contributed by atoms with E-state index in [4.69, 9.17) is 4.98 Å². The number of aromatic amines is 1. The number of benzene rings is 1. The molecule has 2 N–H and O–H groups in total. The number of aromatic nitrogens is 3. The highest BCUT2D eigenvalue weighted by Crippen LogP contribution is 2.34. The largest absolute Gasteiger partial charge is 0.291 e. The van der Waals surface area contributed by atoms with Crippen molar-refractivity contribution in [3.8, 4) is 11.4 Å². The molecule has 0 radical (unpaired) electrons. The van der Waals surface area contributed by atoms with Crippen LogP contribution in [0.1, 0.15) is 50.4 Å². The van der Waals surface area contributed by atoms with Gasteiger partial charge in [0, 0.05) is 24.7 Å². The molecule has 28 heavy (non-hydrogen) atoms. The molecule has 7 nitrogen and oxygen atoms in total. The summed E-state index contributed by atoms with van der Waals surface area (Å²) in [4.78, 5) is 7.15. The number of hydrogen-bond acceptors (Lipinski definition) is 5. The van der Waals surface area contributed by atoms with E-state index in [1.165, 1.54) is 38.4 Å². The first-order valence-corrected chi connectivity index (χ1v) is 12.1. The average molecular weight is 404 g/mol. The van der Waals surface area contributed by atoms with Crippen LogP contribution in [-0.4, -0.2) is 53.9 Å². The predicted octanol–water partition coefficient (Wildman–Crippen LogP) is 2.72. The van der Waals surface area contributed by atoms with E-state index in [1.807, 2.05) is 30.3 Å². The van der Waals surface area contributed by atoms with Gasteiger partial charge in [0.1, 0.15) is 5.82 Å². The van der Waals surface area contributed by atoms with Gasteiger partial charge in [-0.2, -0.15) is 5.10 Å². The molecule has 1 aromatic carbocycles. The summed E-state index contributed by atoms with van der Waals surface area (Å²) < 4.78 is 26.3. The van der Waals surface area contributed by atoms with Crippen LogP contribution in [-0.2, 0) is 10.0 Å². The minimum absolute atomic E-state index is 0.0612. The summed E-state index contributed by atoms with van der Waals surface area (Å²) in [5.74, 6) is 2.20. The Kier molecular flexibility index (Phi) is 5.80. The number of rotatable bonds is 6. The highest BCUT2D eigenvalue weighted by atomic mass is 32.2. The number of hydrogen-bond donors (Lipinski definition) is 2. The molecule has 1 saturated carbocycles. The number of H-pyrrole nitrogens is 1. The third-order valence-electron chi connectivity index (χ3n) is 5.85. The number of nitrogens with one attached hydrogen (secondary N) is 2. The van der Waals surface area contributed by atoms with Crippen LogP contribution in [0.2, 0.25) is 0 Å². The maximum Gasteiger partial charge on any atom is 0.208 e. The van der Waals surface area contributed by atoms with E-state index < -0.39 is 10.0 Å². The highest BCUT2D eigenvalue weighted by Gasteiger charge is 2.37. The lowest BCUT2D eigenvalue weighted by Gasteiger charge is -2.29. The second-order valence-electron chi connectivity index (χ2n) is 8.21. The van der Waals surface area contributed by atoms with Gasteiger partial charge in [-0.05, 0) is 25.2 Å². The first kappa shape index (κ1) is 19.5. The fraction of sp³-hybridized carbons (Fsp3) is 0.600. The van der Waals surface area contributed by atoms with Crippen molar-refractivity contribution in [3.05, 3.63) is 36.2 Å². The Hall–Kier alpha value is -1.77. The lowest BCUT2D eigenvalue weighted by molar-refractivity contribution is 0.182. The van der Waals surface area contributed by atoms with Gasteiger partial charge < -0.3 is 0 Å². The minimum Gasteiger partial charge on any atom is -0.291 e. The molecule has 8 heteroatoms. The van der Waals surface area contributed by atoms with Crippen LogP contribution < -0.4 is 4.72 Å². The zero-order valence-corrected chi connectivity index (χ0v) is 17.2. The van der Waals surface area contributed by atoms with Gasteiger partial charge in [0.2, 0.25) is 10.0 Å². The summed E-state index contributed by atoms with van der Waals surface area (Å²) in [6.07, 6.45) is 8.40. The molecular weight excluding hydrogens is 374 g/mol. The molecule has 0 unspecified atom stereocenters. The van der Waals surface area contributed by atoms with Crippen molar-refractivity contribution < 1.29 is 8.42 Å². The summed E-state index contributed by atoms with van der Waals surface area (Å²) in [5.41, 5.74) is 0.979. The lowest BCUT2D eigenvalue weighted by atomic mass is 9.89. The van der Waals surface area contributed by atoms with Crippen LogP contribution in [0.4, 0.5) is 0 Å². The summed E-state index contributed by atoms with van der Waals surface area (Å²) in [7, 11) is -3.23. The van der Waals surface area contributed by atoms with Gasteiger partial charge in [-0.3, -0.25) is 10.00 Å². The Morgan fingerprint density at radius 1 is 1.18 bits per heavy atom. The quantitative estimate of drug-likeness (QED) is 0.774. The van der Waals surface area contributed by atoms with Crippen molar-refractivity contribution in [1.29, 1.82) is 0 Å². The molecule has 2 aromatic rings. The Morgan fingerprint density at radius 2 is 1.93 bits per heavy atom. The zero-order valence-electron chi connectivity index (χ0n) is 16.3. The second kappa shape index (κ2) is 8.31. The van der Waals surface area contributed by atoms with Crippen LogP contribution in [0.25, 0.3) is 11.4 Å². The number of likely N-dealkylation sites (tertiary alicyclic amines) is 1. The molecule has 2 aliphatic rings. The molecule has 1 aliphatic carbocycles. The third-order valence-corrected chi connectivity index (χ3v) is 6.61. The second-order valence-corrected chi connectivity index (χ2v) is 9.99. The normalized spacial score (nSPS) is 24.6. The molecule has 1 saturated heterocycles. The van der Waals surface area contributed by atoms with Gasteiger partial charge in [-0.25, -0.2) is 18.1 Å². The van der Waals surface area contributed by atoms with Crippen molar-refractivity contribution in [2.24, 2.45) is 5.92 Å². The molecule has 1 aliphatic heterocycles. The predicted molar refractivity (Wildman–Crippen MR) is 109 cm³/mol. The topological polar surface area (TPSA) is 91.0 Å². The first-order valence-electron chi connectivity index (χ1n) is 10.2. The van der Waals surface area contributed by atoms with Gasteiger partial charge >= 0.3 is 0 Å². The SMILES string of the molecule is CS(=O)(=O)N[C@H]1C[C@@H](c2nc(-c3ccccc3)n[nH]2)N(CC2CCCCC2)C1. The van der Waals surface area contributed by atoms with Crippen LogP contribution in [0.5, 0.6) is 0 Å². The van der Waals surface area contributed by atoms with Crippen molar-refractivity contribution in [3.63, 3.8) is 0 Å². The molecule has 1 aromatic heterocycles. The van der Waals surface area contributed by atoms with Gasteiger partial charge in [0.05, 0.1) is 12.3 Å². The fourth-order valence-electron chi connectivity index (χ4n) is 4.62. The zero-order chi connectivity index (χ0) is 19.6. The van der Waals surface area contributed by atoms with Crippen molar-refractivity contribution in [2.75, 3.05) is 19.3 Å². The summed E-state index contributed by atoms with van der Waals surface area (Å²) >= 11 is 0. The number of nitrogens with zero attached hydrogens (tertiary/aromatic N) is 3. The van der Waals surface area contributed by atoms with Crippen LogP contribution in [0.3, 0.4) is 0 Å². The maximum absolute atomic E-state index is 11.8. The first-order chi connectivity index (χ1) is 13.5. The van der Waals surface area contributed by atoms with E-state index in [0.29, 0.717) is 18.2 Å². The molecule has 4 rings (SSSR count). The molecule has 0 amide bonds. The van der Waals surface area contributed by atoms with Crippen molar-refractivity contribution in [1.82, 2.24) is 24.8 Å². The van der Waals surface area contributed by atoms with Crippen LogP contribution in [0.15, 0.2) is 30.3 Å². The summed E-state index contributed by atoms with van der Waals surface area (Å²) in [5, 5.41) is 7.53. The van der Waals surface area contributed by atoms with E-state index in [2.05, 4.69) is 19.8 Å². The van der Waals surface area contributed by atoms with E-state index in [-0.39, 0.29) is 12.1 Å². The fourth-order valence-corrected chi connectivity index (χ4v) is 5.40. The van der Waals surface area contributed by atoms with Gasteiger partial charge in [0.25, 0.3) is 0 Å². The van der Waals surface area contributed by atoms with E-state index >= 15 is 0 Å². The molecule has 2 heterocycles. The lowest BCUT2D eigenvalue weighted by Crippen LogP contribution is -2.37. The van der Waals surface area contributed by atoms with E-state index in [1.54, 1.807) is 0 Å².